The van der Waals surface area contributed by atoms with Crippen molar-refractivity contribution in [3.05, 3.63) is 35.9 Å². The topological polar surface area (TPSA) is 23.5 Å². The first-order chi connectivity index (χ1) is 9.59. The van der Waals surface area contributed by atoms with E-state index in [0.29, 0.717) is 11.8 Å². The lowest BCUT2D eigenvalue weighted by atomic mass is 9.64. The minimum absolute atomic E-state index is 0.299. The van der Waals surface area contributed by atoms with Crippen LogP contribution in [0.15, 0.2) is 30.3 Å². The monoisotopic (exact) mass is 273 g/mol. The van der Waals surface area contributed by atoms with Crippen LogP contribution >= 0.6 is 0 Å². The molecular weight excluding hydrogens is 246 g/mol. The molecule has 0 spiro atoms. The highest BCUT2D eigenvalue weighted by molar-refractivity contribution is 5.18. The first-order valence-corrected chi connectivity index (χ1v) is 8.08. The van der Waals surface area contributed by atoms with Crippen LogP contribution in [0.5, 0.6) is 0 Å². The van der Waals surface area contributed by atoms with E-state index in [2.05, 4.69) is 43.0 Å². The third-order valence-electron chi connectivity index (χ3n) is 5.63. The van der Waals surface area contributed by atoms with Gasteiger partial charge >= 0.3 is 0 Å². The summed E-state index contributed by atoms with van der Waals surface area (Å²) in [6, 6.07) is 10.5. The molecule has 0 radical (unpaired) electrons. The largest absolute Gasteiger partial charge is 0.389 e. The number of hydrogen-bond donors (Lipinski definition) is 1. The molecule has 20 heavy (non-hydrogen) atoms. The van der Waals surface area contributed by atoms with Crippen molar-refractivity contribution in [1.82, 2.24) is 4.90 Å². The van der Waals surface area contributed by atoms with E-state index in [1.54, 1.807) is 0 Å². The van der Waals surface area contributed by atoms with Gasteiger partial charge in [0.05, 0.1) is 5.60 Å². The molecular formula is C18H27NO. The van der Waals surface area contributed by atoms with Gasteiger partial charge in [-0.15, -0.1) is 0 Å². The second kappa shape index (κ2) is 5.50. The van der Waals surface area contributed by atoms with Crippen molar-refractivity contribution < 1.29 is 5.11 Å². The summed E-state index contributed by atoms with van der Waals surface area (Å²) in [5, 5.41) is 11.5. The number of fused-ring (bicyclic) bond motifs is 3. The van der Waals surface area contributed by atoms with E-state index in [0.717, 1.165) is 18.9 Å². The minimum atomic E-state index is -0.564. The smallest absolute Gasteiger partial charge is 0.0753 e. The molecule has 0 aliphatic carbocycles. The zero-order valence-corrected chi connectivity index (χ0v) is 12.8. The maximum atomic E-state index is 11.5. The van der Waals surface area contributed by atoms with Crippen molar-refractivity contribution in [2.75, 3.05) is 19.6 Å². The van der Waals surface area contributed by atoms with Gasteiger partial charge in [0.2, 0.25) is 0 Å². The molecule has 1 aromatic carbocycles. The fraction of sp³-hybridized carbons (Fsp3) is 0.667. The Morgan fingerprint density at radius 1 is 1.20 bits per heavy atom. The molecule has 2 nitrogen and oxygen atoms in total. The van der Waals surface area contributed by atoms with Gasteiger partial charge in [0.1, 0.15) is 0 Å². The van der Waals surface area contributed by atoms with E-state index in [1.165, 1.54) is 31.5 Å². The van der Waals surface area contributed by atoms with Gasteiger partial charge < -0.3 is 10.0 Å². The van der Waals surface area contributed by atoms with Gasteiger partial charge in [-0.1, -0.05) is 44.2 Å². The van der Waals surface area contributed by atoms with Crippen molar-refractivity contribution in [3.63, 3.8) is 0 Å². The molecule has 4 rings (SSSR count). The molecule has 0 aromatic heterocycles. The lowest BCUT2D eigenvalue weighted by Gasteiger charge is -2.52. The molecule has 2 heteroatoms. The molecule has 2 bridgehead atoms. The van der Waals surface area contributed by atoms with Crippen LogP contribution in [0.4, 0.5) is 0 Å². The van der Waals surface area contributed by atoms with E-state index in [4.69, 9.17) is 0 Å². The fourth-order valence-electron chi connectivity index (χ4n) is 4.22. The fourth-order valence-corrected chi connectivity index (χ4v) is 4.22. The molecule has 3 aliphatic heterocycles. The van der Waals surface area contributed by atoms with Crippen LogP contribution in [0.3, 0.4) is 0 Å². The van der Waals surface area contributed by atoms with Crippen LogP contribution in [-0.4, -0.2) is 35.2 Å². The number of nitrogens with zero attached hydrogens (tertiary/aromatic N) is 1. The average molecular weight is 273 g/mol. The molecule has 3 saturated heterocycles. The Labute approximate surface area is 122 Å². The summed E-state index contributed by atoms with van der Waals surface area (Å²) in [5.41, 5.74) is 0.700. The summed E-state index contributed by atoms with van der Waals surface area (Å²) in [6.07, 6.45) is 3.34. The van der Waals surface area contributed by atoms with Crippen LogP contribution in [0.1, 0.15) is 32.3 Å². The maximum absolute atomic E-state index is 11.5. The number of benzene rings is 1. The van der Waals surface area contributed by atoms with Gasteiger partial charge in [-0.05, 0) is 43.3 Å². The summed E-state index contributed by atoms with van der Waals surface area (Å²) in [5.74, 6) is 1.45. The average Bonchev–Trinajstić information content (AvgIpc) is 2.49. The van der Waals surface area contributed by atoms with E-state index in [-0.39, 0.29) is 0 Å². The molecule has 0 saturated carbocycles. The van der Waals surface area contributed by atoms with Crippen LogP contribution in [0, 0.1) is 17.8 Å². The number of rotatable bonds is 4. The lowest BCUT2D eigenvalue weighted by Crippen LogP contribution is -2.59. The SMILES string of the molecule is CC(C)C(O)(Cc1ccccc1)C1CN2CCC1CC2. The van der Waals surface area contributed by atoms with E-state index >= 15 is 0 Å². The Morgan fingerprint density at radius 3 is 2.35 bits per heavy atom. The van der Waals surface area contributed by atoms with Crippen LogP contribution in [0.25, 0.3) is 0 Å². The lowest BCUT2D eigenvalue weighted by molar-refractivity contribution is -0.121. The van der Waals surface area contributed by atoms with Crippen molar-refractivity contribution >= 4 is 0 Å². The highest BCUT2D eigenvalue weighted by Crippen LogP contribution is 2.43. The molecule has 110 valence electrons. The zero-order valence-electron chi connectivity index (χ0n) is 12.8. The van der Waals surface area contributed by atoms with Gasteiger partial charge in [0.25, 0.3) is 0 Å². The van der Waals surface area contributed by atoms with Crippen LogP contribution in [-0.2, 0) is 6.42 Å². The quantitative estimate of drug-likeness (QED) is 0.911. The summed E-state index contributed by atoms with van der Waals surface area (Å²) >= 11 is 0. The number of piperidine rings is 3. The second-order valence-electron chi connectivity index (χ2n) is 7.05. The van der Waals surface area contributed by atoms with E-state index < -0.39 is 5.60 Å². The summed E-state index contributed by atoms with van der Waals surface area (Å²) in [6.45, 7) is 7.93. The molecule has 3 fully saturated rings. The van der Waals surface area contributed by atoms with E-state index in [1.807, 2.05) is 6.07 Å². The highest BCUT2D eigenvalue weighted by Gasteiger charge is 2.47. The Hall–Kier alpha value is -0.860. The number of aliphatic hydroxyl groups is 1. The molecule has 1 N–H and O–H groups in total. The first-order valence-electron chi connectivity index (χ1n) is 8.08. The van der Waals surface area contributed by atoms with Gasteiger partial charge in [-0.25, -0.2) is 0 Å². The first kappa shape index (κ1) is 14.1. The third-order valence-corrected chi connectivity index (χ3v) is 5.63. The zero-order chi connectivity index (χ0) is 14.2. The van der Waals surface area contributed by atoms with Crippen molar-refractivity contribution in [1.29, 1.82) is 0 Å². The van der Waals surface area contributed by atoms with Crippen molar-refractivity contribution in [3.8, 4) is 0 Å². The van der Waals surface area contributed by atoms with Crippen LogP contribution < -0.4 is 0 Å². The summed E-state index contributed by atoms with van der Waals surface area (Å²) in [4.78, 5) is 2.54. The normalized spacial score (nSPS) is 32.3. The Morgan fingerprint density at radius 2 is 1.85 bits per heavy atom. The van der Waals surface area contributed by atoms with Crippen molar-refractivity contribution in [2.24, 2.45) is 17.8 Å². The third kappa shape index (κ3) is 2.51. The Balaban J connectivity index is 1.84. The Kier molecular flexibility index (Phi) is 3.87. The Bertz CT molecular complexity index is 436. The minimum Gasteiger partial charge on any atom is -0.389 e. The highest BCUT2D eigenvalue weighted by atomic mass is 16.3. The van der Waals surface area contributed by atoms with Crippen molar-refractivity contribution in [2.45, 2.75) is 38.7 Å². The van der Waals surface area contributed by atoms with Gasteiger partial charge in [0.15, 0.2) is 0 Å². The molecule has 3 heterocycles. The van der Waals surface area contributed by atoms with Gasteiger partial charge in [-0.3, -0.25) is 0 Å². The van der Waals surface area contributed by atoms with Crippen LogP contribution in [0.2, 0.25) is 0 Å². The second-order valence-corrected chi connectivity index (χ2v) is 7.05. The number of hydrogen-bond acceptors (Lipinski definition) is 2. The van der Waals surface area contributed by atoms with E-state index in [9.17, 15) is 5.11 Å². The summed E-state index contributed by atoms with van der Waals surface area (Å²) < 4.78 is 0. The molecule has 1 aromatic rings. The van der Waals surface area contributed by atoms with Gasteiger partial charge in [-0.2, -0.15) is 0 Å². The molecule has 2 unspecified atom stereocenters. The summed E-state index contributed by atoms with van der Waals surface area (Å²) in [7, 11) is 0. The molecule has 0 amide bonds. The predicted octanol–water partition coefficient (Wildman–Crippen LogP) is 2.96. The predicted molar refractivity (Wildman–Crippen MR) is 82.6 cm³/mol. The van der Waals surface area contributed by atoms with Gasteiger partial charge in [0, 0.05) is 18.9 Å². The maximum Gasteiger partial charge on any atom is 0.0753 e. The molecule has 3 aliphatic rings. The standard InChI is InChI=1S/C18H27NO/c1-14(2)18(20,12-15-6-4-3-5-7-15)17-13-19-10-8-16(17)9-11-19/h3-7,14,16-17,20H,8-13H2,1-2H3. The molecule has 2 atom stereocenters.